The van der Waals surface area contributed by atoms with Crippen LogP contribution < -0.4 is 21.3 Å². The van der Waals surface area contributed by atoms with E-state index in [1.54, 1.807) is 13.1 Å². The van der Waals surface area contributed by atoms with Gasteiger partial charge >= 0.3 is 5.69 Å². The van der Waals surface area contributed by atoms with Gasteiger partial charge < -0.3 is 10.1 Å². The lowest BCUT2D eigenvalue weighted by molar-refractivity contribution is -0.124. The van der Waals surface area contributed by atoms with E-state index in [0.717, 1.165) is 15.8 Å². The van der Waals surface area contributed by atoms with Crippen LogP contribution in [0, 0.1) is 11.3 Å². The lowest BCUT2D eigenvalue weighted by Crippen LogP contribution is -2.47. The van der Waals surface area contributed by atoms with Crippen molar-refractivity contribution < 1.29 is 9.53 Å². The van der Waals surface area contributed by atoms with Gasteiger partial charge in [0, 0.05) is 37.7 Å². The maximum absolute atomic E-state index is 13.4. The number of allylic oxidation sites excluding steroid dienone is 2. The highest BCUT2D eigenvalue weighted by molar-refractivity contribution is 5.90. The summed E-state index contributed by atoms with van der Waals surface area (Å²) in [7, 11) is 3.08. The summed E-state index contributed by atoms with van der Waals surface area (Å²) in [4.78, 5) is 39.4. The average molecular weight is 421 g/mol. The Morgan fingerprint density at radius 2 is 1.87 bits per heavy atom. The van der Waals surface area contributed by atoms with E-state index >= 15 is 0 Å². The minimum Gasteiger partial charge on any atom is -0.489 e. The second kappa shape index (κ2) is 7.41. The van der Waals surface area contributed by atoms with Crippen LogP contribution in [0.15, 0.2) is 58.3 Å². The molecule has 0 amide bonds. The molecule has 7 heteroatoms. The number of rotatable bonds is 4. The molecule has 162 valence electrons. The van der Waals surface area contributed by atoms with Crippen LogP contribution in [0.3, 0.4) is 0 Å². The van der Waals surface area contributed by atoms with Crippen molar-refractivity contribution in [3.05, 3.63) is 80.7 Å². The fourth-order valence-electron chi connectivity index (χ4n) is 4.73. The Morgan fingerprint density at radius 1 is 1.16 bits per heavy atom. The lowest BCUT2D eigenvalue weighted by atomic mass is 9.67. The van der Waals surface area contributed by atoms with Gasteiger partial charge in [0.1, 0.15) is 24.0 Å². The number of nitrogens with one attached hydrogen (secondary N) is 1. The largest absolute Gasteiger partial charge is 0.489 e. The van der Waals surface area contributed by atoms with E-state index in [4.69, 9.17) is 4.74 Å². The molecule has 1 aliphatic carbocycles. The Labute approximate surface area is 180 Å². The van der Waals surface area contributed by atoms with Gasteiger partial charge in [0.05, 0.1) is 11.5 Å². The number of hydrogen-bond donors (Lipinski definition) is 1. The molecule has 31 heavy (non-hydrogen) atoms. The molecule has 4 rings (SSSR count). The lowest BCUT2D eigenvalue weighted by Gasteiger charge is -2.41. The topological polar surface area (TPSA) is 82.3 Å². The van der Waals surface area contributed by atoms with Gasteiger partial charge in [-0.15, -0.1) is 0 Å². The van der Waals surface area contributed by atoms with Crippen molar-refractivity contribution in [2.45, 2.75) is 26.2 Å². The van der Waals surface area contributed by atoms with Crippen LogP contribution in [-0.2, 0) is 18.9 Å². The number of ether oxygens (including phenoxy) is 1. The minimum atomic E-state index is -0.572. The normalized spacial score (nSPS) is 21.4. The van der Waals surface area contributed by atoms with Crippen molar-refractivity contribution in [3.8, 4) is 5.75 Å². The van der Waals surface area contributed by atoms with E-state index in [1.165, 1.54) is 11.6 Å². The molecule has 1 aromatic carbocycles. The summed E-state index contributed by atoms with van der Waals surface area (Å²) in [5.41, 5.74) is 0.703. The number of nitrogens with zero attached hydrogens (tertiary/aromatic N) is 2. The molecule has 1 aromatic heterocycles. The third-order valence-corrected chi connectivity index (χ3v) is 6.08. The van der Waals surface area contributed by atoms with Crippen LogP contribution in [0.2, 0.25) is 0 Å². The number of anilines is 1. The van der Waals surface area contributed by atoms with E-state index in [2.05, 4.69) is 11.9 Å². The summed E-state index contributed by atoms with van der Waals surface area (Å²) >= 11 is 0. The van der Waals surface area contributed by atoms with Gasteiger partial charge in [0.15, 0.2) is 0 Å². The molecule has 0 radical (unpaired) electrons. The summed E-state index contributed by atoms with van der Waals surface area (Å²) in [6, 6.07) is 7.43. The van der Waals surface area contributed by atoms with Crippen molar-refractivity contribution in [2.24, 2.45) is 25.4 Å². The molecule has 0 fully saturated rings. The first kappa shape index (κ1) is 20.9. The van der Waals surface area contributed by atoms with Crippen molar-refractivity contribution in [2.75, 3.05) is 11.9 Å². The molecule has 7 nitrogen and oxygen atoms in total. The zero-order valence-corrected chi connectivity index (χ0v) is 18.3. The number of hydrogen-bond acceptors (Lipinski definition) is 5. The first-order valence-electron chi connectivity index (χ1n) is 10.3. The highest BCUT2D eigenvalue weighted by Crippen LogP contribution is 2.49. The molecular formula is C24H27N3O4. The van der Waals surface area contributed by atoms with Gasteiger partial charge in [0.2, 0.25) is 0 Å². The van der Waals surface area contributed by atoms with Crippen LogP contribution in [-0.4, -0.2) is 21.5 Å². The Bertz CT molecular complexity index is 1230. The monoisotopic (exact) mass is 421 g/mol. The van der Waals surface area contributed by atoms with Crippen molar-refractivity contribution in [1.82, 2.24) is 9.13 Å². The molecule has 2 aliphatic rings. The number of fused-ring (bicyclic) bond motifs is 2. The van der Waals surface area contributed by atoms with E-state index in [1.807, 2.05) is 44.2 Å². The maximum atomic E-state index is 13.4. The van der Waals surface area contributed by atoms with Gasteiger partial charge in [-0.2, -0.15) is 0 Å². The number of carbonyl (C=O) groups excluding carboxylic acids is 1. The van der Waals surface area contributed by atoms with E-state index in [-0.39, 0.29) is 11.2 Å². The van der Waals surface area contributed by atoms with Crippen molar-refractivity contribution in [1.29, 1.82) is 0 Å². The second-order valence-electron chi connectivity index (χ2n) is 8.92. The van der Waals surface area contributed by atoms with E-state index in [9.17, 15) is 14.4 Å². The fourth-order valence-corrected chi connectivity index (χ4v) is 4.73. The Morgan fingerprint density at radius 3 is 2.58 bits per heavy atom. The van der Waals surface area contributed by atoms with Gasteiger partial charge in [-0.05, 0) is 11.5 Å². The molecular weight excluding hydrogens is 394 g/mol. The van der Waals surface area contributed by atoms with Crippen molar-refractivity contribution >= 4 is 11.6 Å². The third-order valence-electron chi connectivity index (χ3n) is 6.08. The molecule has 0 bridgehead atoms. The predicted octanol–water partition coefficient (Wildman–Crippen LogP) is 2.71. The average Bonchev–Trinajstić information content (AvgIpc) is 2.72. The minimum absolute atomic E-state index is 0.0556. The van der Waals surface area contributed by atoms with Crippen LogP contribution in [0.1, 0.15) is 37.3 Å². The summed E-state index contributed by atoms with van der Waals surface area (Å²) in [6.45, 7) is 8.01. The zero-order valence-electron chi connectivity index (χ0n) is 18.3. The molecule has 2 atom stereocenters. The molecule has 0 saturated heterocycles. The van der Waals surface area contributed by atoms with Crippen molar-refractivity contribution in [3.63, 3.8) is 0 Å². The molecule has 1 N–H and O–H groups in total. The van der Waals surface area contributed by atoms with Crippen LogP contribution >= 0.6 is 0 Å². The second-order valence-corrected chi connectivity index (χ2v) is 8.92. The number of benzene rings is 1. The van der Waals surface area contributed by atoms with Gasteiger partial charge in [-0.3, -0.25) is 18.7 Å². The van der Waals surface area contributed by atoms with E-state index in [0.29, 0.717) is 30.2 Å². The number of aromatic nitrogens is 2. The quantitative estimate of drug-likeness (QED) is 0.768. The highest BCUT2D eigenvalue weighted by Gasteiger charge is 2.46. The molecule has 2 heterocycles. The van der Waals surface area contributed by atoms with Crippen LogP contribution in [0.5, 0.6) is 5.75 Å². The SMILES string of the molecule is C=CCOc1ccccc1[C@@H]1c2c(n(C)c(=O)n(C)c2=O)NC2=CC(C)(C)CC(=O)[C@H]21. The molecule has 0 saturated carbocycles. The molecule has 2 aromatic rings. The molecule has 1 aliphatic heterocycles. The number of para-hydroxylation sites is 1. The van der Waals surface area contributed by atoms with Gasteiger partial charge in [-0.25, -0.2) is 4.79 Å². The third kappa shape index (κ3) is 3.34. The predicted molar refractivity (Wildman–Crippen MR) is 120 cm³/mol. The zero-order chi connectivity index (χ0) is 22.5. The summed E-state index contributed by atoms with van der Waals surface area (Å²) in [5, 5.41) is 3.26. The first-order chi connectivity index (χ1) is 14.7. The van der Waals surface area contributed by atoms with Crippen LogP contribution in [0.4, 0.5) is 5.82 Å². The highest BCUT2D eigenvalue weighted by atomic mass is 16.5. The Balaban J connectivity index is 2.06. The Hall–Kier alpha value is -3.35. The van der Waals surface area contributed by atoms with Crippen LogP contribution in [0.25, 0.3) is 0 Å². The summed E-state index contributed by atoms with van der Waals surface area (Å²) in [6.07, 6.45) is 4.07. The number of Topliss-reactive ketones (excluding diaryl/α,β-unsaturated/α-hetero) is 1. The van der Waals surface area contributed by atoms with Gasteiger partial charge in [0.25, 0.3) is 5.56 Å². The number of carbonyl (C=O) groups is 1. The smallest absolute Gasteiger partial charge is 0.332 e. The number of ketones is 1. The fraction of sp³-hybridized carbons (Fsp3) is 0.375. The van der Waals surface area contributed by atoms with E-state index < -0.39 is 23.1 Å². The standard InChI is InChI=1S/C24H27N3O4/c1-6-11-31-17-10-8-7-9-14(17)18-19-15(12-24(2,3)13-16(19)28)25-21-20(18)22(29)27(5)23(30)26(21)4/h6-10,12,18-19,25H,1,11,13H2,2-5H3/t18-,19-/m0/s1. The summed E-state index contributed by atoms with van der Waals surface area (Å²) < 4.78 is 8.41. The maximum Gasteiger partial charge on any atom is 0.332 e. The molecule has 0 spiro atoms. The summed E-state index contributed by atoms with van der Waals surface area (Å²) in [5.74, 6) is -0.0605. The Kier molecular flexibility index (Phi) is 5.00. The van der Waals surface area contributed by atoms with Gasteiger partial charge in [-0.1, -0.05) is 50.8 Å². The first-order valence-corrected chi connectivity index (χ1v) is 10.3. The molecule has 0 unspecified atom stereocenters.